The van der Waals surface area contributed by atoms with E-state index in [-0.39, 0.29) is 6.61 Å². The molecular weight excluding hydrogens is 281 g/mol. The lowest BCUT2D eigenvalue weighted by molar-refractivity contribution is -0.174. The highest BCUT2D eigenvalue weighted by Gasteiger charge is 2.28. The smallest absolute Gasteiger partial charge is 0.372 e. The first kappa shape index (κ1) is 18.7. The quantitative estimate of drug-likeness (QED) is 0.662. The van der Waals surface area contributed by atoms with E-state index in [2.05, 4.69) is 28.8 Å². The lowest BCUT2D eigenvalue weighted by atomic mass is 9.96. The predicted octanol–water partition coefficient (Wildman–Crippen LogP) is 3.20. The second-order valence-electron chi connectivity index (χ2n) is 5.86. The number of hydrogen-bond acceptors (Lipinski definition) is 3. The second-order valence-corrected chi connectivity index (χ2v) is 5.86. The van der Waals surface area contributed by atoms with Crippen molar-refractivity contribution in [2.24, 2.45) is 0 Å². The van der Waals surface area contributed by atoms with Crippen molar-refractivity contribution in [3.05, 3.63) is 0 Å². The average molecular weight is 310 g/mol. The topological polar surface area (TPSA) is 24.5 Å². The summed E-state index contributed by atoms with van der Waals surface area (Å²) in [7, 11) is 0. The number of piperidine rings is 1. The van der Waals surface area contributed by atoms with Gasteiger partial charge in [0.2, 0.25) is 0 Å². The molecule has 2 unspecified atom stereocenters. The van der Waals surface area contributed by atoms with Crippen LogP contribution in [-0.2, 0) is 4.74 Å². The molecule has 0 aliphatic carbocycles. The zero-order valence-corrected chi connectivity index (χ0v) is 13.2. The van der Waals surface area contributed by atoms with Crippen LogP contribution in [0.15, 0.2) is 0 Å². The summed E-state index contributed by atoms with van der Waals surface area (Å²) in [6.45, 7) is 6.28. The molecule has 2 atom stereocenters. The van der Waals surface area contributed by atoms with Gasteiger partial charge in [0.15, 0.2) is 0 Å². The lowest BCUT2D eigenvalue weighted by Gasteiger charge is -2.39. The molecule has 21 heavy (non-hydrogen) atoms. The van der Waals surface area contributed by atoms with Gasteiger partial charge in [-0.1, -0.05) is 13.3 Å². The molecule has 0 aromatic carbocycles. The van der Waals surface area contributed by atoms with Crippen molar-refractivity contribution in [2.45, 2.75) is 64.2 Å². The van der Waals surface area contributed by atoms with E-state index in [0.717, 1.165) is 26.1 Å². The highest BCUT2D eigenvalue weighted by molar-refractivity contribution is 4.84. The molecule has 1 fully saturated rings. The van der Waals surface area contributed by atoms with E-state index in [1.54, 1.807) is 0 Å². The molecule has 1 rings (SSSR count). The van der Waals surface area contributed by atoms with Crippen LogP contribution in [0.1, 0.15) is 46.0 Å². The Morgan fingerprint density at radius 1 is 1.33 bits per heavy atom. The zero-order chi connectivity index (χ0) is 15.7. The molecule has 0 spiro atoms. The molecule has 0 radical (unpaired) electrons. The van der Waals surface area contributed by atoms with Gasteiger partial charge in [0.1, 0.15) is 6.61 Å². The number of nitrogens with zero attached hydrogens (tertiary/aromatic N) is 1. The Kier molecular flexibility index (Phi) is 8.59. The van der Waals surface area contributed by atoms with Crippen molar-refractivity contribution in [2.75, 3.05) is 32.8 Å². The number of rotatable bonds is 9. The van der Waals surface area contributed by atoms with E-state index in [0.29, 0.717) is 18.5 Å². The third-order valence-electron chi connectivity index (χ3n) is 3.96. The van der Waals surface area contributed by atoms with Crippen LogP contribution in [0.2, 0.25) is 0 Å². The second kappa shape index (κ2) is 9.64. The fourth-order valence-electron chi connectivity index (χ4n) is 2.93. The molecule has 0 bridgehead atoms. The third kappa shape index (κ3) is 8.02. The van der Waals surface area contributed by atoms with Gasteiger partial charge in [0.05, 0.1) is 0 Å². The van der Waals surface area contributed by atoms with Crippen LogP contribution in [0, 0.1) is 0 Å². The highest BCUT2D eigenvalue weighted by Crippen LogP contribution is 2.20. The zero-order valence-electron chi connectivity index (χ0n) is 13.2. The molecule has 1 aliphatic rings. The van der Waals surface area contributed by atoms with Crippen molar-refractivity contribution in [3.63, 3.8) is 0 Å². The molecule has 126 valence electrons. The van der Waals surface area contributed by atoms with Crippen molar-refractivity contribution in [3.8, 4) is 0 Å². The summed E-state index contributed by atoms with van der Waals surface area (Å²) in [5.74, 6) is 0. The SMILES string of the molecule is CCCNC(C)C1CCCCN1CCCOCC(F)(F)F. The van der Waals surface area contributed by atoms with Crippen molar-refractivity contribution < 1.29 is 17.9 Å². The van der Waals surface area contributed by atoms with Gasteiger partial charge in [-0.2, -0.15) is 13.2 Å². The third-order valence-corrected chi connectivity index (χ3v) is 3.96. The first-order chi connectivity index (χ1) is 9.94. The van der Waals surface area contributed by atoms with Crippen LogP contribution in [0.4, 0.5) is 13.2 Å². The predicted molar refractivity (Wildman–Crippen MR) is 78.5 cm³/mol. The number of likely N-dealkylation sites (tertiary alicyclic amines) is 1. The van der Waals surface area contributed by atoms with Crippen LogP contribution >= 0.6 is 0 Å². The summed E-state index contributed by atoms with van der Waals surface area (Å²) in [6, 6.07) is 0.925. The Morgan fingerprint density at radius 3 is 2.76 bits per heavy atom. The minimum Gasteiger partial charge on any atom is -0.372 e. The largest absolute Gasteiger partial charge is 0.411 e. The molecule has 1 aliphatic heterocycles. The van der Waals surface area contributed by atoms with Crippen molar-refractivity contribution in [1.82, 2.24) is 10.2 Å². The fourth-order valence-corrected chi connectivity index (χ4v) is 2.93. The molecule has 0 aromatic heterocycles. The van der Waals surface area contributed by atoms with Gasteiger partial charge in [0, 0.05) is 25.2 Å². The van der Waals surface area contributed by atoms with E-state index in [4.69, 9.17) is 0 Å². The molecule has 0 amide bonds. The molecule has 1 N–H and O–H groups in total. The molecule has 6 heteroatoms. The maximum Gasteiger partial charge on any atom is 0.411 e. The van der Waals surface area contributed by atoms with Crippen LogP contribution in [0.5, 0.6) is 0 Å². The maximum absolute atomic E-state index is 12.0. The minimum atomic E-state index is -4.22. The van der Waals surface area contributed by atoms with Gasteiger partial charge in [-0.15, -0.1) is 0 Å². The summed E-state index contributed by atoms with van der Waals surface area (Å²) in [4.78, 5) is 2.41. The Balaban J connectivity index is 2.26. The first-order valence-corrected chi connectivity index (χ1v) is 8.06. The summed E-state index contributed by atoms with van der Waals surface area (Å²) in [5.41, 5.74) is 0. The number of hydrogen-bond donors (Lipinski definition) is 1. The van der Waals surface area contributed by atoms with E-state index >= 15 is 0 Å². The Bertz CT molecular complexity index is 274. The summed E-state index contributed by atoms with van der Waals surface area (Å²) < 4.78 is 40.6. The van der Waals surface area contributed by atoms with Crippen LogP contribution in [0.3, 0.4) is 0 Å². The normalized spacial score (nSPS) is 22.4. The molecule has 0 aromatic rings. The molecule has 3 nitrogen and oxygen atoms in total. The van der Waals surface area contributed by atoms with Crippen LogP contribution < -0.4 is 5.32 Å². The standard InChI is InChI=1S/C15H29F3N2O/c1-3-8-19-13(2)14-7-4-5-9-20(14)10-6-11-21-12-15(16,17)18/h13-14,19H,3-12H2,1-2H3. The molecular formula is C15H29F3N2O. The van der Waals surface area contributed by atoms with Gasteiger partial charge >= 0.3 is 6.18 Å². The van der Waals surface area contributed by atoms with E-state index < -0.39 is 12.8 Å². The number of ether oxygens (including phenoxy) is 1. The number of alkyl halides is 3. The highest BCUT2D eigenvalue weighted by atomic mass is 19.4. The Labute approximate surface area is 126 Å². The molecule has 0 saturated carbocycles. The Morgan fingerprint density at radius 2 is 2.10 bits per heavy atom. The van der Waals surface area contributed by atoms with Crippen LogP contribution in [-0.4, -0.2) is 56.0 Å². The van der Waals surface area contributed by atoms with E-state index in [1.807, 2.05) is 0 Å². The monoisotopic (exact) mass is 310 g/mol. The Hall–Kier alpha value is -0.330. The summed E-state index contributed by atoms with van der Waals surface area (Å²) in [6.07, 6.45) is 1.15. The maximum atomic E-state index is 12.0. The van der Waals surface area contributed by atoms with E-state index in [1.165, 1.54) is 19.3 Å². The van der Waals surface area contributed by atoms with Gasteiger partial charge < -0.3 is 10.1 Å². The fraction of sp³-hybridized carbons (Fsp3) is 1.00. The van der Waals surface area contributed by atoms with Gasteiger partial charge in [-0.3, -0.25) is 4.90 Å². The average Bonchev–Trinajstić information content (AvgIpc) is 2.43. The number of nitrogens with one attached hydrogen (secondary N) is 1. The summed E-state index contributed by atoms with van der Waals surface area (Å²) in [5, 5.41) is 3.53. The first-order valence-electron chi connectivity index (χ1n) is 8.06. The van der Waals surface area contributed by atoms with Gasteiger partial charge in [-0.05, 0) is 45.7 Å². The van der Waals surface area contributed by atoms with Crippen molar-refractivity contribution in [1.29, 1.82) is 0 Å². The summed E-state index contributed by atoms with van der Waals surface area (Å²) >= 11 is 0. The number of halogens is 3. The van der Waals surface area contributed by atoms with Gasteiger partial charge in [0.25, 0.3) is 0 Å². The van der Waals surface area contributed by atoms with E-state index in [9.17, 15) is 13.2 Å². The minimum absolute atomic E-state index is 0.180. The van der Waals surface area contributed by atoms with Crippen LogP contribution in [0.25, 0.3) is 0 Å². The van der Waals surface area contributed by atoms with Crippen molar-refractivity contribution >= 4 is 0 Å². The molecule has 1 saturated heterocycles. The molecule has 1 heterocycles. The lowest BCUT2D eigenvalue weighted by Crippen LogP contribution is -2.51. The van der Waals surface area contributed by atoms with Gasteiger partial charge in [-0.25, -0.2) is 0 Å².